The van der Waals surface area contributed by atoms with Crippen LogP contribution in [0.15, 0.2) is 23.1 Å². The molecule has 0 spiro atoms. The molecule has 0 heterocycles. The van der Waals surface area contributed by atoms with Crippen LogP contribution in [0.5, 0.6) is 0 Å². The van der Waals surface area contributed by atoms with Gasteiger partial charge in [0, 0.05) is 19.7 Å². The first-order chi connectivity index (χ1) is 10.8. The number of rotatable bonds is 6. The summed E-state index contributed by atoms with van der Waals surface area (Å²) in [4.78, 5) is 10.3. The summed E-state index contributed by atoms with van der Waals surface area (Å²) >= 11 is 0. The Kier molecular flexibility index (Phi) is 5.55. The summed E-state index contributed by atoms with van der Waals surface area (Å²) < 4.78 is 27.9. The summed E-state index contributed by atoms with van der Waals surface area (Å²) in [6.45, 7) is 0.603. The molecule has 1 saturated carbocycles. The van der Waals surface area contributed by atoms with Gasteiger partial charge in [-0.2, -0.15) is 0 Å². The highest BCUT2D eigenvalue weighted by atomic mass is 32.2. The summed E-state index contributed by atoms with van der Waals surface area (Å²) in [6.07, 6.45) is 4.25. The Hall–Kier alpha value is -1.71. The average Bonchev–Trinajstić information content (AvgIpc) is 2.52. The van der Waals surface area contributed by atoms with Crippen LogP contribution in [0.1, 0.15) is 25.7 Å². The van der Waals surface area contributed by atoms with Crippen LogP contribution in [0.25, 0.3) is 0 Å². The Morgan fingerprint density at radius 2 is 2.00 bits per heavy atom. The monoisotopic (exact) mass is 343 g/mol. The van der Waals surface area contributed by atoms with Gasteiger partial charge in [-0.1, -0.05) is 0 Å². The molecule has 0 radical (unpaired) electrons. The van der Waals surface area contributed by atoms with E-state index in [-0.39, 0.29) is 10.6 Å². The molecule has 23 heavy (non-hydrogen) atoms. The van der Waals surface area contributed by atoms with Crippen LogP contribution >= 0.6 is 0 Å². The van der Waals surface area contributed by atoms with Crippen molar-refractivity contribution < 1.29 is 18.1 Å². The molecule has 1 aliphatic rings. The predicted molar refractivity (Wildman–Crippen MR) is 85.7 cm³/mol. The van der Waals surface area contributed by atoms with E-state index in [0.29, 0.717) is 24.3 Å². The first-order valence-corrected chi connectivity index (χ1v) is 8.94. The number of ether oxygens (including phenoxy) is 1. The second kappa shape index (κ2) is 7.24. The van der Waals surface area contributed by atoms with E-state index < -0.39 is 14.9 Å². The highest BCUT2D eigenvalue weighted by Gasteiger charge is 2.23. The largest absolute Gasteiger partial charge is 0.381 e. The standard InChI is InChI=1S/C14H21N3O5S/c1-22-11-4-2-10(3-5-11)9-16-13-7-6-12(23(15,20)21)8-14(13)17(18)19/h6-8,10-11,16H,2-5,9H2,1H3,(H2,15,20,21). The van der Waals surface area contributed by atoms with Crippen molar-refractivity contribution in [1.29, 1.82) is 0 Å². The smallest absolute Gasteiger partial charge is 0.293 e. The van der Waals surface area contributed by atoms with Crippen molar-refractivity contribution in [3.05, 3.63) is 28.3 Å². The molecule has 0 amide bonds. The van der Waals surface area contributed by atoms with Crippen molar-refractivity contribution in [2.75, 3.05) is 19.0 Å². The average molecular weight is 343 g/mol. The number of sulfonamides is 1. The minimum absolute atomic E-state index is 0.268. The molecule has 1 aliphatic carbocycles. The van der Waals surface area contributed by atoms with Crippen molar-refractivity contribution in [3.8, 4) is 0 Å². The Morgan fingerprint density at radius 3 is 2.52 bits per heavy atom. The van der Waals surface area contributed by atoms with Gasteiger partial charge in [-0.25, -0.2) is 13.6 Å². The number of hydrogen-bond acceptors (Lipinski definition) is 6. The highest BCUT2D eigenvalue weighted by Crippen LogP contribution is 2.30. The van der Waals surface area contributed by atoms with Gasteiger partial charge in [0.15, 0.2) is 0 Å². The van der Waals surface area contributed by atoms with Crippen molar-refractivity contribution in [1.82, 2.24) is 0 Å². The number of nitrogens with two attached hydrogens (primary N) is 1. The van der Waals surface area contributed by atoms with Crippen LogP contribution in [0, 0.1) is 16.0 Å². The first-order valence-electron chi connectivity index (χ1n) is 7.39. The minimum atomic E-state index is -3.97. The molecule has 3 N–H and O–H groups in total. The van der Waals surface area contributed by atoms with Crippen LogP contribution < -0.4 is 10.5 Å². The maximum atomic E-state index is 11.3. The SMILES string of the molecule is COC1CCC(CNc2ccc(S(N)(=O)=O)cc2[N+](=O)[O-])CC1. The van der Waals surface area contributed by atoms with Gasteiger partial charge in [-0.15, -0.1) is 0 Å². The number of methoxy groups -OCH3 is 1. The quantitative estimate of drug-likeness (QED) is 0.600. The van der Waals surface area contributed by atoms with Gasteiger partial charge in [-0.05, 0) is 43.7 Å². The fraction of sp³-hybridized carbons (Fsp3) is 0.571. The van der Waals surface area contributed by atoms with E-state index in [1.807, 2.05) is 0 Å². The highest BCUT2D eigenvalue weighted by molar-refractivity contribution is 7.89. The fourth-order valence-corrected chi connectivity index (χ4v) is 3.35. The number of primary sulfonamides is 1. The summed E-state index contributed by atoms with van der Waals surface area (Å²) in [7, 11) is -2.26. The van der Waals surface area contributed by atoms with Crippen LogP contribution in [0.3, 0.4) is 0 Å². The minimum Gasteiger partial charge on any atom is -0.381 e. The number of hydrogen-bond donors (Lipinski definition) is 2. The van der Waals surface area contributed by atoms with E-state index in [1.165, 1.54) is 12.1 Å². The third-order valence-electron chi connectivity index (χ3n) is 4.20. The van der Waals surface area contributed by atoms with Gasteiger partial charge in [0.25, 0.3) is 5.69 Å². The number of nitro groups is 1. The van der Waals surface area contributed by atoms with Crippen LogP contribution in [0.4, 0.5) is 11.4 Å². The normalized spacial score (nSPS) is 21.8. The van der Waals surface area contributed by atoms with Crippen molar-refractivity contribution in [2.24, 2.45) is 11.1 Å². The van der Waals surface area contributed by atoms with E-state index in [1.54, 1.807) is 7.11 Å². The number of anilines is 1. The zero-order valence-corrected chi connectivity index (χ0v) is 13.7. The lowest BCUT2D eigenvalue weighted by molar-refractivity contribution is -0.384. The molecule has 0 aliphatic heterocycles. The molecule has 128 valence electrons. The summed E-state index contributed by atoms with van der Waals surface area (Å²) in [5, 5.41) is 19.2. The fourth-order valence-electron chi connectivity index (χ4n) is 2.81. The van der Waals surface area contributed by atoms with Gasteiger partial charge < -0.3 is 10.1 Å². The maximum Gasteiger partial charge on any atom is 0.293 e. The predicted octanol–water partition coefficient (Wildman–Crippen LogP) is 1.86. The molecule has 8 nitrogen and oxygen atoms in total. The third kappa shape index (κ3) is 4.63. The van der Waals surface area contributed by atoms with Gasteiger partial charge >= 0.3 is 0 Å². The van der Waals surface area contributed by atoms with E-state index in [2.05, 4.69) is 5.32 Å². The summed E-state index contributed by atoms with van der Waals surface area (Å²) in [5.41, 5.74) is 0.0124. The van der Waals surface area contributed by atoms with Crippen LogP contribution in [-0.4, -0.2) is 33.1 Å². The lowest BCUT2D eigenvalue weighted by Crippen LogP contribution is -2.25. The third-order valence-corrected chi connectivity index (χ3v) is 5.11. The molecule has 0 unspecified atom stereocenters. The molecule has 2 rings (SSSR count). The van der Waals surface area contributed by atoms with E-state index in [4.69, 9.17) is 9.88 Å². The topological polar surface area (TPSA) is 125 Å². The molecule has 1 aromatic rings. The second-order valence-electron chi connectivity index (χ2n) is 5.74. The van der Waals surface area contributed by atoms with Crippen LogP contribution in [0.2, 0.25) is 0 Å². The summed E-state index contributed by atoms with van der Waals surface area (Å²) in [5.74, 6) is 0.416. The first kappa shape index (κ1) is 17.6. The van der Waals surface area contributed by atoms with Gasteiger partial charge in [0.1, 0.15) is 5.69 Å². The molecule has 9 heteroatoms. The Balaban J connectivity index is 2.06. The van der Waals surface area contributed by atoms with Crippen molar-refractivity contribution in [2.45, 2.75) is 36.7 Å². The van der Waals surface area contributed by atoms with Gasteiger partial charge in [0.05, 0.1) is 15.9 Å². The van der Waals surface area contributed by atoms with E-state index in [9.17, 15) is 18.5 Å². The molecular formula is C14H21N3O5S. The van der Waals surface area contributed by atoms with Gasteiger partial charge in [-0.3, -0.25) is 10.1 Å². The van der Waals surface area contributed by atoms with Crippen molar-refractivity contribution >= 4 is 21.4 Å². The van der Waals surface area contributed by atoms with E-state index >= 15 is 0 Å². The number of benzene rings is 1. The lowest BCUT2D eigenvalue weighted by atomic mass is 9.87. The molecular weight excluding hydrogens is 322 g/mol. The molecule has 0 bridgehead atoms. The van der Waals surface area contributed by atoms with E-state index in [0.717, 1.165) is 31.7 Å². The maximum absolute atomic E-state index is 11.3. The number of nitro benzene ring substituents is 1. The Morgan fingerprint density at radius 1 is 1.35 bits per heavy atom. The zero-order valence-electron chi connectivity index (χ0n) is 12.9. The molecule has 1 fully saturated rings. The second-order valence-corrected chi connectivity index (χ2v) is 7.30. The van der Waals surface area contributed by atoms with Crippen LogP contribution in [-0.2, 0) is 14.8 Å². The zero-order chi connectivity index (χ0) is 17.0. The lowest BCUT2D eigenvalue weighted by Gasteiger charge is -2.27. The number of nitrogens with one attached hydrogen (secondary N) is 1. The molecule has 0 atom stereocenters. The van der Waals surface area contributed by atoms with Crippen molar-refractivity contribution in [3.63, 3.8) is 0 Å². The molecule has 1 aromatic carbocycles. The Labute approximate surface area is 135 Å². The number of nitrogens with zero attached hydrogens (tertiary/aromatic N) is 1. The molecule has 0 saturated heterocycles. The molecule has 0 aromatic heterocycles. The summed E-state index contributed by atoms with van der Waals surface area (Å²) in [6, 6.07) is 3.64. The Bertz CT molecular complexity index is 669. The van der Waals surface area contributed by atoms with Gasteiger partial charge in [0.2, 0.25) is 10.0 Å².